The van der Waals surface area contributed by atoms with Gasteiger partial charge in [0.1, 0.15) is 0 Å². The van der Waals surface area contributed by atoms with E-state index in [9.17, 15) is 9.59 Å². The Bertz CT molecular complexity index is 533. The zero-order valence-corrected chi connectivity index (χ0v) is 11.6. The SMILES string of the molecule is Cc1c(CNC(=O)[C@@H]2[C@H](C(=O)O)C2(C)C)cnn1C. The molecule has 1 amide bonds. The number of hydrogen-bond acceptors (Lipinski definition) is 3. The zero-order valence-electron chi connectivity index (χ0n) is 11.6. The van der Waals surface area contributed by atoms with Crippen molar-refractivity contribution in [1.82, 2.24) is 15.1 Å². The number of nitrogens with zero attached hydrogens (tertiary/aromatic N) is 2. The van der Waals surface area contributed by atoms with Gasteiger partial charge in [-0.2, -0.15) is 5.10 Å². The molecule has 0 spiro atoms. The first-order valence-corrected chi connectivity index (χ1v) is 6.24. The lowest BCUT2D eigenvalue weighted by atomic mass is 10.1. The largest absolute Gasteiger partial charge is 0.481 e. The van der Waals surface area contributed by atoms with Crippen molar-refractivity contribution < 1.29 is 14.7 Å². The monoisotopic (exact) mass is 265 g/mol. The molecule has 1 aromatic rings. The molecule has 1 heterocycles. The number of carboxylic acids is 1. The maximum Gasteiger partial charge on any atom is 0.307 e. The highest BCUT2D eigenvalue weighted by molar-refractivity contribution is 5.91. The first-order valence-electron chi connectivity index (χ1n) is 6.24. The van der Waals surface area contributed by atoms with E-state index >= 15 is 0 Å². The lowest BCUT2D eigenvalue weighted by Gasteiger charge is -2.05. The van der Waals surface area contributed by atoms with Crippen molar-refractivity contribution in [3.63, 3.8) is 0 Å². The number of aryl methyl sites for hydroxylation is 1. The van der Waals surface area contributed by atoms with Crippen LogP contribution in [0.4, 0.5) is 0 Å². The van der Waals surface area contributed by atoms with E-state index in [0.717, 1.165) is 11.3 Å². The number of carboxylic acid groups (broad SMARTS) is 1. The molecule has 1 fully saturated rings. The summed E-state index contributed by atoms with van der Waals surface area (Å²) in [5.41, 5.74) is 1.48. The summed E-state index contributed by atoms with van der Waals surface area (Å²) in [4.78, 5) is 23.1. The van der Waals surface area contributed by atoms with Crippen molar-refractivity contribution in [2.75, 3.05) is 0 Å². The summed E-state index contributed by atoms with van der Waals surface area (Å²) in [6.45, 7) is 5.93. The summed E-state index contributed by atoms with van der Waals surface area (Å²) >= 11 is 0. The van der Waals surface area contributed by atoms with Crippen molar-refractivity contribution >= 4 is 11.9 Å². The number of aromatic nitrogens is 2. The van der Waals surface area contributed by atoms with Gasteiger partial charge < -0.3 is 10.4 Å². The highest BCUT2D eigenvalue weighted by Gasteiger charge is 2.65. The Kier molecular flexibility index (Phi) is 3.12. The minimum Gasteiger partial charge on any atom is -0.481 e. The third-order valence-electron chi connectivity index (χ3n) is 4.17. The minimum absolute atomic E-state index is 0.194. The molecule has 2 N–H and O–H groups in total. The predicted molar refractivity (Wildman–Crippen MR) is 68.2 cm³/mol. The summed E-state index contributed by atoms with van der Waals surface area (Å²) in [6.07, 6.45) is 1.71. The van der Waals surface area contributed by atoms with Crippen molar-refractivity contribution in [2.45, 2.75) is 27.3 Å². The molecule has 6 heteroatoms. The second kappa shape index (κ2) is 4.36. The van der Waals surface area contributed by atoms with E-state index in [1.165, 1.54) is 0 Å². The molecule has 2 rings (SSSR count). The fourth-order valence-corrected chi connectivity index (χ4v) is 2.60. The summed E-state index contributed by atoms with van der Waals surface area (Å²) < 4.78 is 1.74. The van der Waals surface area contributed by atoms with Crippen molar-refractivity contribution in [2.24, 2.45) is 24.3 Å². The Labute approximate surface area is 111 Å². The minimum atomic E-state index is -0.900. The van der Waals surface area contributed by atoms with E-state index in [1.807, 2.05) is 27.8 Å². The van der Waals surface area contributed by atoms with Gasteiger partial charge in [0.25, 0.3) is 0 Å². The van der Waals surface area contributed by atoms with Gasteiger partial charge in [-0.1, -0.05) is 13.8 Å². The molecule has 1 aliphatic carbocycles. The average Bonchev–Trinajstić information content (AvgIpc) is 2.77. The fourth-order valence-electron chi connectivity index (χ4n) is 2.60. The Morgan fingerprint density at radius 1 is 1.47 bits per heavy atom. The maximum atomic E-state index is 12.0. The lowest BCUT2D eigenvalue weighted by Crippen LogP contribution is -2.27. The Morgan fingerprint density at radius 2 is 2.11 bits per heavy atom. The van der Waals surface area contributed by atoms with Crippen molar-refractivity contribution in [3.05, 3.63) is 17.5 Å². The first kappa shape index (κ1) is 13.6. The van der Waals surface area contributed by atoms with Crippen LogP contribution in [-0.4, -0.2) is 26.8 Å². The molecule has 0 saturated heterocycles. The van der Waals surface area contributed by atoms with Crippen LogP contribution in [0, 0.1) is 24.2 Å². The number of aliphatic carboxylic acids is 1. The van der Waals surface area contributed by atoms with Crippen LogP contribution in [0.1, 0.15) is 25.1 Å². The van der Waals surface area contributed by atoms with Crippen molar-refractivity contribution in [1.29, 1.82) is 0 Å². The van der Waals surface area contributed by atoms with Crippen molar-refractivity contribution in [3.8, 4) is 0 Å². The normalized spacial score (nSPS) is 24.0. The van der Waals surface area contributed by atoms with Gasteiger partial charge in [-0.25, -0.2) is 0 Å². The number of nitrogens with one attached hydrogen (secondary N) is 1. The topological polar surface area (TPSA) is 84.2 Å². The summed E-state index contributed by atoms with van der Waals surface area (Å²) in [7, 11) is 1.84. The van der Waals surface area contributed by atoms with E-state index < -0.39 is 23.2 Å². The highest BCUT2D eigenvalue weighted by atomic mass is 16.4. The number of carbonyl (C=O) groups is 2. The third-order valence-corrected chi connectivity index (χ3v) is 4.17. The van der Waals surface area contributed by atoms with Crippen LogP contribution < -0.4 is 5.32 Å². The lowest BCUT2D eigenvalue weighted by molar-refractivity contribution is -0.140. The van der Waals surface area contributed by atoms with Crippen LogP contribution in [0.3, 0.4) is 0 Å². The van der Waals surface area contributed by atoms with E-state index in [-0.39, 0.29) is 5.91 Å². The van der Waals surface area contributed by atoms with Crippen LogP contribution in [0.25, 0.3) is 0 Å². The number of hydrogen-bond donors (Lipinski definition) is 2. The zero-order chi connectivity index (χ0) is 14.4. The van der Waals surface area contributed by atoms with E-state index in [1.54, 1.807) is 10.9 Å². The molecule has 0 bridgehead atoms. The van der Waals surface area contributed by atoms with Crippen LogP contribution in [-0.2, 0) is 23.2 Å². The Hall–Kier alpha value is -1.85. The Balaban J connectivity index is 1.97. The number of rotatable bonds is 4. The van der Waals surface area contributed by atoms with Gasteiger partial charge in [0, 0.05) is 24.8 Å². The molecule has 0 radical (unpaired) electrons. The molecule has 6 nitrogen and oxygen atoms in total. The molecule has 19 heavy (non-hydrogen) atoms. The second-order valence-electron chi connectivity index (χ2n) is 5.71. The highest BCUT2D eigenvalue weighted by Crippen LogP contribution is 2.58. The molecule has 1 aromatic heterocycles. The Morgan fingerprint density at radius 3 is 2.53 bits per heavy atom. The fraction of sp³-hybridized carbons (Fsp3) is 0.615. The molecule has 0 aromatic carbocycles. The molecule has 0 aliphatic heterocycles. The van der Waals surface area contributed by atoms with Gasteiger partial charge in [0.05, 0.1) is 18.0 Å². The van der Waals surface area contributed by atoms with Gasteiger partial charge in [0.15, 0.2) is 0 Å². The molecular formula is C13H19N3O3. The smallest absolute Gasteiger partial charge is 0.307 e. The summed E-state index contributed by atoms with van der Waals surface area (Å²) in [5.74, 6) is -2.12. The first-order chi connectivity index (χ1) is 8.76. The van der Waals surface area contributed by atoms with Gasteiger partial charge >= 0.3 is 5.97 Å². The molecule has 1 aliphatic rings. The van der Waals surface area contributed by atoms with Gasteiger partial charge in [0.2, 0.25) is 5.91 Å². The van der Waals surface area contributed by atoms with E-state index in [4.69, 9.17) is 5.11 Å². The van der Waals surface area contributed by atoms with Gasteiger partial charge in [-0.3, -0.25) is 14.3 Å². The number of carbonyl (C=O) groups excluding carboxylic acids is 1. The van der Waals surface area contributed by atoms with Gasteiger partial charge in [-0.15, -0.1) is 0 Å². The van der Waals surface area contributed by atoms with E-state index in [0.29, 0.717) is 6.54 Å². The predicted octanol–water partition coefficient (Wildman–Crippen LogP) is 0.702. The van der Waals surface area contributed by atoms with Crippen LogP contribution in [0.2, 0.25) is 0 Å². The standard InChI is InChI=1S/C13H19N3O3/c1-7-8(6-15-16(7)4)5-14-11(17)9-10(12(18)19)13(9,2)3/h6,9-10H,5H2,1-4H3,(H,14,17)(H,18,19)/t9-,10+/m0/s1. The number of amides is 1. The van der Waals surface area contributed by atoms with Crippen LogP contribution >= 0.6 is 0 Å². The third kappa shape index (κ3) is 2.22. The quantitative estimate of drug-likeness (QED) is 0.839. The van der Waals surface area contributed by atoms with Crippen LogP contribution in [0.5, 0.6) is 0 Å². The van der Waals surface area contributed by atoms with Crippen LogP contribution in [0.15, 0.2) is 6.20 Å². The molecule has 2 atom stereocenters. The molecule has 0 unspecified atom stereocenters. The molecule has 104 valence electrons. The molecular weight excluding hydrogens is 246 g/mol. The van der Waals surface area contributed by atoms with E-state index in [2.05, 4.69) is 10.4 Å². The van der Waals surface area contributed by atoms with Gasteiger partial charge in [-0.05, 0) is 12.3 Å². The summed E-state index contributed by atoms with van der Waals surface area (Å²) in [5, 5.41) is 15.9. The maximum absolute atomic E-state index is 12.0. The average molecular weight is 265 g/mol. The molecule has 1 saturated carbocycles. The summed E-state index contributed by atoms with van der Waals surface area (Å²) in [6, 6.07) is 0. The second-order valence-corrected chi connectivity index (χ2v) is 5.71.